The fraction of sp³-hybridized carbons (Fsp3) is 0.227. The Labute approximate surface area is 147 Å². The third kappa shape index (κ3) is 3.42. The SMILES string of the molecule is NC(=O)c1cccc(C(NCC2CC2)c2cccc3ccccc23)c1. The predicted molar refractivity (Wildman–Crippen MR) is 101 cm³/mol. The van der Waals surface area contributed by atoms with Gasteiger partial charge < -0.3 is 11.1 Å². The van der Waals surface area contributed by atoms with Crippen molar-refractivity contribution >= 4 is 16.7 Å². The minimum Gasteiger partial charge on any atom is -0.366 e. The molecule has 0 radical (unpaired) electrons. The van der Waals surface area contributed by atoms with E-state index in [4.69, 9.17) is 5.73 Å². The number of fused-ring (bicyclic) bond motifs is 1. The number of carbonyl (C=O) groups is 1. The molecule has 1 aliphatic rings. The first kappa shape index (κ1) is 15.9. The van der Waals surface area contributed by atoms with E-state index in [9.17, 15) is 4.79 Å². The van der Waals surface area contributed by atoms with Gasteiger partial charge in [-0.15, -0.1) is 0 Å². The number of carbonyl (C=O) groups excluding carboxylic acids is 1. The van der Waals surface area contributed by atoms with Gasteiger partial charge in [-0.25, -0.2) is 0 Å². The van der Waals surface area contributed by atoms with Crippen LogP contribution in [0.1, 0.15) is 40.4 Å². The first-order valence-electron chi connectivity index (χ1n) is 8.83. The van der Waals surface area contributed by atoms with Crippen LogP contribution in [0.4, 0.5) is 0 Å². The number of nitrogens with two attached hydrogens (primary N) is 1. The summed E-state index contributed by atoms with van der Waals surface area (Å²) in [6.07, 6.45) is 2.60. The molecule has 0 aliphatic heterocycles. The van der Waals surface area contributed by atoms with Gasteiger partial charge in [0, 0.05) is 5.56 Å². The van der Waals surface area contributed by atoms with Gasteiger partial charge in [0.2, 0.25) is 5.91 Å². The minimum absolute atomic E-state index is 0.0472. The summed E-state index contributed by atoms with van der Waals surface area (Å²) in [6, 6.07) is 22.5. The van der Waals surface area contributed by atoms with E-state index in [1.165, 1.54) is 29.2 Å². The van der Waals surface area contributed by atoms with Gasteiger partial charge in [0.05, 0.1) is 6.04 Å². The van der Waals surface area contributed by atoms with E-state index in [1.807, 2.05) is 12.1 Å². The zero-order chi connectivity index (χ0) is 17.2. The summed E-state index contributed by atoms with van der Waals surface area (Å²) in [5.41, 5.74) is 8.35. The maximum absolute atomic E-state index is 11.6. The molecule has 3 nitrogen and oxygen atoms in total. The zero-order valence-electron chi connectivity index (χ0n) is 14.1. The molecule has 1 fully saturated rings. The number of primary amides is 1. The molecule has 0 bridgehead atoms. The van der Waals surface area contributed by atoms with Gasteiger partial charge >= 0.3 is 0 Å². The lowest BCUT2D eigenvalue weighted by molar-refractivity contribution is 0.1000. The summed E-state index contributed by atoms with van der Waals surface area (Å²) in [6.45, 7) is 0.995. The molecule has 1 saturated carbocycles. The van der Waals surface area contributed by atoms with Crippen LogP contribution in [0.3, 0.4) is 0 Å². The van der Waals surface area contributed by atoms with Crippen molar-refractivity contribution in [1.82, 2.24) is 5.32 Å². The second-order valence-corrected chi connectivity index (χ2v) is 6.84. The van der Waals surface area contributed by atoms with E-state index in [-0.39, 0.29) is 11.9 Å². The number of benzene rings is 3. The molecule has 3 aromatic rings. The van der Waals surface area contributed by atoms with Crippen LogP contribution >= 0.6 is 0 Å². The van der Waals surface area contributed by atoms with Crippen molar-refractivity contribution in [3.8, 4) is 0 Å². The average molecular weight is 330 g/mol. The van der Waals surface area contributed by atoms with E-state index in [0.717, 1.165) is 18.0 Å². The van der Waals surface area contributed by atoms with Gasteiger partial charge in [0.1, 0.15) is 0 Å². The van der Waals surface area contributed by atoms with Crippen LogP contribution in [-0.2, 0) is 0 Å². The van der Waals surface area contributed by atoms with Crippen molar-refractivity contribution < 1.29 is 4.79 Å². The molecule has 0 heterocycles. The third-order valence-electron chi connectivity index (χ3n) is 4.95. The van der Waals surface area contributed by atoms with Crippen molar-refractivity contribution in [2.75, 3.05) is 6.54 Å². The van der Waals surface area contributed by atoms with Crippen molar-refractivity contribution in [2.24, 2.45) is 11.7 Å². The molecular formula is C22H22N2O. The Morgan fingerprint density at radius 3 is 2.60 bits per heavy atom. The van der Waals surface area contributed by atoms with Gasteiger partial charge in [-0.1, -0.05) is 54.6 Å². The zero-order valence-corrected chi connectivity index (χ0v) is 14.1. The number of hydrogen-bond donors (Lipinski definition) is 2. The molecule has 0 spiro atoms. The van der Waals surface area contributed by atoms with Gasteiger partial charge in [-0.2, -0.15) is 0 Å². The topological polar surface area (TPSA) is 55.1 Å². The van der Waals surface area contributed by atoms with Crippen molar-refractivity contribution in [3.05, 3.63) is 83.4 Å². The predicted octanol–water partition coefficient (Wildman–Crippen LogP) is 4.03. The van der Waals surface area contributed by atoms with E-state index >= 15 is 0 Å². The average Bonchev–Trinajstić information content (AvgIpc) is 3.47. The van der Waals surface area contributed by atoms with Crippen LogP contribution in [-0.4, -0.2) is 12.5 Å². The molecule has 3 heteroatoms. The van der Waals surface area contributed by atoms with Crippen molar-refractivity contribution in [1.29, 1.82) is 0 Å². The Morgan fingerprint density at radius 2 is 1.80 bits per heavy atom. The number of amides is 1. The molecule has 1 unspecified atom stereocenters. The first-order valence-corrected chi connectivity index (χ1v) is 8.83. The fourth-order valence-electron chi connectivity index (χ4n) is 3.39. The van der Waals surface area contributed by atoms with Crippen LogP contribution in [0.2, 0.25) is 0 Å². The molecule has 4 rings (SSSR count). The van der Waals surface area contributed by atoms with Crippen LogP contribution in [0, 0.1) is 5.92 Å². The van der Waals surface area contributed by atoms with E-state index < -0.39 is 0 Å². The Morgan fingerprint density at radius 1 is 1.04 bits per heavy atom. The minimum atomic E-state index is -0.388. The molecule has 1 atom stereocenters. The summed E-state index contributed by atoms with van der Waals surface area (Å²) in [7, 11) is 0. The highest BCUT2D eigenvalue weighted by Crippen LogP contribution is 2.32. The number of hydrogen-bond acceptors (Lipinski definition) is 2. The van der Waals surface area contributed by atoms with Gasteiger partial charge in [0.15, 0.2) is 0 Å². The van der Waals surface area contributed by atoms with E-state index in [1.54, 1.807) is 6.07 Å². The fourth-order valence-corrected chi connectivity index (χ4v) is 3.39. The molecule has 25 heavy (non-hydrogen) atoms. The highest BCUT2D eigenvalue weighted by atomic mass is 16.1. The van der Waals surface area contributed by atoms with Crippen LogP contribution < -0.4 is 11.1 Å². The normalized spacial score (nSPS) is 15.2. The second-order valence-electron chi connectivity index (χ2n) is 6.84. The summed E-state index contributed by atoms with van der Waals surface area (Å²) in [5, 5.41) is 6.19. The third-order valence-corrected chi connectivity index (χ3v) is 4.95. The summed E-state index contributed by atoms with van der Waals surface area (Å²) in [5.74, 6) is 0.387. The monoisotopic (exact) mass is 330 g/mol. The Kier molecular flexibility index (Phi) is 4.24. The molecule has 0 aromatic heterocycles. The summed E-state index contributed by atoms with van der Waals surface area (Å²) in [4.78, 5) is 11.6. The highest BCUT2D eigenvalue weighted by Gasteiger charge is 2.24. The van der Waals surface area contributed by atoms with Gasteiger partial charge in [0.25, 0.3) is 0 Å². The molecule has 0 saturated heterocycles. The van der Waals surface area contributed by atoms with Crippen LogP contribution in [0.25, 0.3) is 10.8 Å². The Hall–Kier alpha value is -2.65. The van der Waals surface area contributed by atoms with Crippen LogP contribution in [0.5, 0.6) is 0 Å². The summed E-state index contributed by atoms with van der Waals surface area (Å²) >= 11 is 0. The molecule has 1 aliphatic carbocycles. The quantitative estimate of drug-likeness (QED) is 0.717. The Balaban J connectivity index is 1.79. The lowest BCUT2D eigenvalue weighted by Crippen LogP contribution is -2.25. The van der Waals surface area contributed by atoms with Gasteiger partial charge in [-0.05, 0) is 59.3 Å². The maximum Gasteiger partial charge on any atom is 0.248 e. The lowest BCUT2D eigenvalue weighted by atomic mass is 9.92. The first-order chi connectivity index (χ1) is 12.2. The number of rotatable bonds is 6. The lowest BCUT2D eigenvalue weighted by Gasteiger charge is -2.22. The molecule has 126 valence electrons. The molecule has 1 amide bonds. The van der Waals surface area contributed by atoms with Crippen molar-refractivity contribution in [3.63, 3.8) is 0 Å². The smallest absolute Gasteiger partial charge is 0.248 e. The molecular weight excluding hydrogens is 308 g/mol. The number of nitrogens with one attached hydrogen (secondary N) is 1. The van der Waals surface area contributed by atoms with Gasteiger partial charge in [-0.3, -0.25) is 4.79 Å². The van der Waals surface area contributed by atoms with E-state index in [0.29, 0.717) is 5.56 Å². The summed E-state index contributed by atoms with van der Waals surface area (Å²) < 4.78 is 0. The Bertz CT molecular complexity index is 909. The molecule has 3 aromatic carbocycles. The molecule has 3 N–H and O–H groups in total. The van der Waals surface area contributed by atoms with E-state index in [2.05, 4.69) is 53.8 Å². The maximum atomic E-state index is 11.6. The highest BCUT2D eigenvalue weighted by molar-refractivity contribution is 5.93. The van der Waals surface area contributed by atoms with Crippen LogP contribution in [0.15, 0.2) is 66.7 Å². The second kappa shape index (κ2) is 6.69. The largest absolute Gasteiger partial charge is 0.366 e. The standard InChI is InChI=1S/C22H22N2O/c23-22(25)18-8-3-7-17(13-18)21(24-14-15-11-12-15)20-10-4-6-16-5-1-2-9-19(16)20/h1-10,13,15,21,24H,11-12,14H2,(H2,23,25). The van der Waals surface area contributed by atoms with Crippen molar-refractivity contribution in [2.45, 2.75) is 18.9 Å².